The highest BCUT2D eigenvalue weighted by atomic mass is 32.1. The first kappa shape index (κ1) is 9.74. The molecule has 0 aliphatic heterocycles. The number of thiocarbonyl (C=S) groups is 1. The highest BCUT2D eigenvalue weighted by molar-refractivity contribution is 7.80. The van der Waals surface area contributed by atoms with Crippen LogP contribution < -0.4 is 11.2 Å². The Labute approximate surface area is 79.3 Å². The molecule has 0 aromatic rings. The van der Waals surface area contributed by atoms with Gasteiger partial charge in [-0.25, -0.2) is 5.84 Å². The normalized spacial score (nSPS) is 18.8. The second kappa shape index (κ2) is 4.62. The molecule has 0 aromatic carbocycles. The number of nitrogens with two attached hydrogens (primary N) is 1. The molecule has 0 unspecified atom stereocenters. The van der Waals surface area contributed by atoms with Crippen molar-refractivity contribution in [3.05, 3.63) is 0 Å². The molecule has 0 amide bonds. The summed E-state index contributed by atoms with van der Waals surface area (Å²) in [6, 6.07) is 0.457. The summed E-state index contributed by atoms with van der Waals surface area (Å²) in [4.78, 5) is 0. The van der Waals surface area contributed by atoms with E-state index in [1.54, 1.807) is 5.01 Å². The largest absolute Gasteiger partial charge is 0.365 e. The fourth-order valence-electron chi connectivity index (χ4n) is 1.65. The van der Waals surface area contributed by atoms with Crippen molar-refractivity contribution in [2.75, 3.05) is 7.05 Å². The van der Waals surface area contributed by atoms with Crippen LogP contribution in [0.15, 0.2) is 0 Å². The maximum absolute atomic E-state index is 5.83. The molecule has 1 rings (SSSR count). The van der Waals surface area contributed by atoms with Gasteiger partial charge >= 0.3 is 0 Å². The van der Waals surface area contributed by atoms with Gasteiger partial charge in [-0.3, -0.25) is 5.01 Å². The van der Waals surface area contributed by atoms with Crippen LogP contribution >= 0.6 is 12.2 Å². The average molecular weight is 187 g/mol. The van der Waals surface area contributed by atoms with Crippen LogP contribution in [0.25, 0.3) is 0 Å². The number of hydrogen-bond acceptors (Lipinski definition) is 2. The molecule has 0 saturated heterocycles. The Kier molecular flexibility index (Phi) is 3.75. The van der Waals surface area contributed by atoms with Gasteiger partial charge in [0.2, 0.25) is 0 Å². The summed E-state index contributed by atoms with van der Waals surface area (Å²) < 4.78 is 0. The van der Waals surface area contributed by atoms with Crippen LogP contribution in [0, 0.1) is 0 Å². The van der Waals surface area contributed by atoms with Crippen molar-refractivity contribution in [3.63, 3.8) is 0 Å². The SMILES string of the molecule is CNC(=S)N(N)C1CCCCC1. The van der Waals surface area contributed by atoms with Gasteiger partial charge in [0.25, 0.3) is 0 Å². The quantitative estimate of drug-likeness (QED) is 0.365. The van der Waals surface area contributed by atoms with Crippen molar-refractivity contribution in [3.8, 4) is 0 Å². The summed E-state index contributed by atoms with van der Waals surface area (Å²) in [5.74, 6) is 5.83. The predicted molar refractivity (Wildman–Crippen MR) is 54.6 cm³/mol. The number of hydrazine groups is 1. The van der Waals surface area contributed by atoms with Crippen LogP contribution in [-0.4, -0.2) is 23.2 Å². The standard InChI is InChI=1S/C8H17N3S/c1-10-8(12)11(9)7-5-3-2-4-6-7/h7H,2-6,9H2,1H3,(H,10,12). The molecular formula is C8H17N3S. The van der Waals surface area contributed by atoms with Gasteiger partial charge in [-0.1, -0.05) is 19.3 Å². The summed E-state index contributed by atoms with van der Waals surface area (Å²) in [7, 11) is 1.81. The second-order valence-corrected chi connectivity index (χ2v) is 3.64. The third-order valence-corrected chi connectivity index (χ3v) is 2.83. The van der Waals surface area contributed by atoms with Crippen molar-refractivity contribution in [1.82, 2.24) is 10.3 Å². The zero-order chi connectivity index (χ0) is 8.97. The van der Waals surface area contributed by atoms with E-state index in [-0.39, 0.29) is 0 Å². The van der Waals surface area contributed by atoms with E-state index in [0.717, 1.165) is 0 Å². The first-order valence-corrected chi connectivity index (χ1v) is 4.92. The number of nitrogens with zero attached hydrogens (tertiary/aromatic N) is 1. The smallest absolute Gasteiger partial charge is 0.183 e. The minimum absolute atomic E-state index is 0.457. The molecule has 3 nitrogen and oxygen atoms in total. The predicted octanol–water partition coefficient (Wildman–Crippen LogP) is 0.999. The third kappa shape index (κ3) is 2.32. The van der Waals surface area contributed by atoms with Gasteiger partial charge in [-0.15, -0.1) is 0 Å². The summed E-state index contributed by atoms with van der Waals surface area (Å²) in [5.41, 5.74) is 0. The van der Waals surface area contributed by atoms with Gasteiger partial charge in [-0.2, -0.15) is 0 Å². The van der Waals surface area contributed by atoms with Gasteiger partial charge in [0.05, 0.1) is 0 Å². The molecule has 0 heterocycles. The minimum Gasteiger partial charge on any atom is -0.365 e. The summed E-state index contributed by atoms with van der Waals surface area (Å²) in [5, 5.41) is 5.25. The molecule has 0 bridgehead atoms. The Bertz CT molecular complexity index is 154. The van der Waals surface area contributed by atoms with Gasteiger partial charge in [0, 0.05) is 13.1 Å². The van der Waals surface area contributed by atoms with Crippen molar-refractivity contribution < 1.29 is 0 Å². The fraction of sp³-hybridized carbons (Fsp3) is 0.875. The maximum atomic E-state index is 5.83. The van der Waals surface area contributed by atoms with Crippen LogP contribution in [0.1, 0.15) is 32.1 Å². The van der Waals surface area contributed by atoms with Crippen molar-refractivity contribution in [1.29, 1.82) is 0 Å². The monoisotopic (exact) mass is 187 g/mol. The van der Waals surface area contributed by atoms with Crippen molar-refractivity contribution in [2.24, 2.45) is 5.84 Å². The molecule has 1 saturated carbocycles. The van der Waals surface area contributed by atoms with Crippen LogP contribution in [0.2, 0.25) is 0 Å². The van der Waals surface area contributed by atoms with E-state index in [1.807, 2.05) is 7.05 Å². The molecule has 0 aromatic heterocycles. The van der Waals surface area contributed by atoms with E-state index < -0.39 is 0 Å². The Morgan fingerprint density at radius 2 is 2.00 bits per heavy atom. The highest BCUT2D eigenvalue weighted by Gasteiger charge is 2.19. The first-order chi connectivity index (χ1) is 5.75. The molecule has 70 valence electrons. The van der Waals surface area contributed by atoms with Gasteiger partial charge in [0.1, 0.15) is 0 Å². The number of rotatable bonds is 1. The Hall–Kier alpha value is -0.350. The number of nitrogens with one attached hydrogen (secondary N) is 1. The Morgan fingerprint density at radius 3 is 2.50 bits per heavy atom. The lowest BCUT2D eigenvalue weighted by Crippen LogP contribution is -2.50. The molecule has 1 aliphatic rings. The Morgan fingerprint density at radius 1 is 1.42 bits per heavy atom. The Balaban J connectivity index is 2.39. The van der Waals surface area contributed by atoms with Crippen LogP contribution in [0.3, 0.4) is 0 Å². The third-order valence-electron chi connectivity index (χ3n) is 2.42. The van der Waals surface area contributed by atoms with Gasteiger partial charge in [0.15, 0.2) is 5.11 Å². The minimum atomic E-state index is 0.457. The van der Waals surface area contributed by atoms with E-state index >= 15 is 0 Å². The molecule has 1 aliphatic carbocycles. The topological polar surface area (TPSA) is 41.3 Å². The summed E-state index contributed by atoms with van der Waals surface area (Å²) in [6.45, 7) is 0. The van der Waals surface area contributed by atoms with Crippen LogP contribution in [0.4, 0.5) is 0 Å². The summed E-state index contributed by atoms with van der Waals surface area (Å²) in [6.07, 6.45) is 6.27. The maximum Gasteiger partial charge on any atom is 0.183 e. The van der Waals surface area contributed by atoms with E-state index in [4.69, 9.17) is 18.1 Å². The van der Waals surface area contributed by atoms with E-state index in [0.29, 0.717) is 11.2 Å². The molecule has 0 spiro atoms. The molecule has 3 N–H and O–H groups in total. The second-order valence-electron chi connectivity index (χ2n) is 3.25. The summed E-state index contributed by atoms with van der Waals surface area (Å²) >= 11 is 5.05. The molecule has 4 heteroatoms. The van der Waals surface area contributed by atoms with E-state index in [1.165, 1.54) is 32.1 Å². The first-order valence-electron chi connectivity index (χ1n) is 4.51. The zero-order valence-electron chi connectivity index (χ0n) is 7.55. The molecule has 1 fully saturated rings. The van der Waals surface area contributed by atoms with E-state index in [9.17, 15) is 0 Å². The van der Waals surface area contributed by atoms with Crippen LogP contribution in [0.5, 0.6) is 0 Å². The highest BCUT2D eigenvalue weighted by Crippen LogP contribution is 2.20. The molecule has 0 radical (unpaired) electrons. The van der Waals surface area contributed by atoms with Gasteiger partial charge < -0.3 is 5.32 Å². The lowest BCUT2D eigenvalue weighted by Gasteiger charge is -2.31. The zero-order valence-corrected chi connectivity index (χ0v) is 8.36. The van der Waals surface area contributed by atoms with E-state index in [2.05, 4.69) is 5.32 Å². The molecule has 0 atom stereocenters. The molecule has 12 heavy (non-hydrogen) atoms. The van der Waals surface area contributed by atoms with Crippen molar-refractivity contribution >= 4 is 17.3 Å². The molecular weight excluding hydrogens is 170 g/mol. The van der Waals surface area contributed by atoms with Crippen LogP contribution in [-0.2, 0) is 0 Å². The fourth-order valence-corrected chi connectivity index (χ4v) is 1.80. The van der Waals surface area contributed by atoms with Gasteiger partial charge in [-0.05, 0) is 25.1 Å². The van der Waals surface area contributed by atoms with Crippen molar-refractivity contribution in [2.45, 2.75) is 38.1 Å². The average Bonchev–Trinajstić information content (AvgIpc) is 2.17. The number of hydrogen-bond donors (Lipinski definition) is 2. The lowest BCUT2D eigenvalue weighted by molar-refractivity contribution is 0.247. The lowest BCUT2D eigenvalue weighted by atomic mass is 9.95.